The number of aliphatic hydroxyl groups is 1. The van der Waals surface area contributed by atoms with Crippen molar-refractivity contribution in [2.24, 2.45) is 0 Å². The fraction of sp³-hybridized carbons (Fsp3) is 0.357. The molecule has 4 nitrogen and oxygen atoms in total. The molecule has 0 radical (unpaired) electrons. The summed E-state index contributed by atoms with van der Waals surface area (Å²) >= 11 is 0. The molecule has 19 heavy (non-hydrogen) atoms. The number of nitrogens with zero attached hydrogens (tertiary/aromatic N) is 1. The third-order valence-corrected chi connectivity index (χ3v) is 2.51. The number of carbonyl (C=O) groups is 1. The Balaban J connectivity index is 2.51. The monoisotopic (exact) mass is 267 g/mol. The molecule has 1 amide bonds. The van der Waals surface area contributed by atoms with Gasteiger partial charge in [0, 0.05) is 26.8 Å². The molecule has 0 bridgehead atoms. The standard InChI is InChI=1S/C14H18FNO3/c1-16(9-13(17)10-19-2)14(18)8-5-11-3-6-12(15)7-4-11/h3-8,13,17H,9-10H2,1-2H3/b8-5+. The maximum atomic E-state index is 12.7. The summed E-state index contributed by atoms with van der Waals surface area (Å²) in [5.41, 5.74) is 0.737. The maximum absolute atomic E-state index is 12.7. The van der Waals surface area contributed by atoms with E-state index in [9.17, 15) is 14.3 Å². The fourth-order valence-corrected chi connectivity index (χ4v) is 1.52. The van der Waals surface area contributed by atoms with Crippen LogP contribution >= 0.6 is 0 Å². The van der Waals surface area contributed by atoms with Crippen molar-refractivity contribution in [3.05, 3.63) is 41.7 Å². The van der Waals surface area contributed by atoms with Gasteiger partial charge in [-0.05, 0) is 23.8 Å². The van der Waals surface area contributed by atoms with Crippen molar-refractivity contribution >= 4 is 12.0 Å². The maximum Gasteiger partial charge on any atom is 0.246 e. The highest BCUT2D eigenvalue weighted by Gasteiger charge is 2.10. The van der Waals surface area contributed by atoms with E-state index < -0.39 is 6.10 Å². The van der Waals surface area contributed by atoms with Crippen LogP contribution in [0.5, 0.6) is 0 Å². The second kappa shape index (κ2) is 7.66. The number of ether oxygens (including phenoxy) is 1. The Kier molecular flexibility index (Phi) is 6.18. The van der Waals surface area contributed by atoms with Crippen molar-refractivity contribution in [3.63, 3.8) is 0 Å². The SMILES string of the molecule is COCC(O)CN(C)C(=O)/C=C/c1ccc(F)cc1. The molecule has 104 valence electrons. The van der Waals surface area contributed by atoms with E-state index in [0.717, 1.165) is 5.56 Å². The smallest absolute Gasteiger partial charge is 0.246 e. The molecule has 0 aliphatic carbocycles. The molecule has 1 unspecified atom stereocenters. The highest BCUT2D eigenvalue weighted by atomic mass is 19.1. The van der Waals surface area contributed by atoms with Crippen molar-refractivity contribution in [1.82, 2.24) is 4.90 Å². The predicted molar refractivity (Wildman–Crippen MR) is 71.0 cm³/mol. The fourth-order valence-electron chi connectivity index (χ4n) is 1.52. The lowest BCUT2D eigenvalue weighted by molar-refractivity contribution is -0.126. The Labute approximate surface area is 112 Å². The Bertz CT molecular complexity index is 431. The quantitative estimate of drug-likeness (QED) is 0.790. The lowest BCUT2D eigenvalue weighted by Gasteiger charge is -2.18. The van der Waals surface area contributed by atoms with E-state index in [2.05, 4.69) is 0 Å². The second-order valence-corrected chi connectivity index (χ2v) is 4.21. The summed E-state index contributed by atoms with van der Waals surface area (Å²) in [6.45, 7) is 0.375. The lowest BCUT2D eigenvalue weighted by Crippen LogP contribution is -2.35. The van der Waals surface area contributed by atoms with Gasteiger partial charge in [0.1, 0.15) is 5.82 Å². The van der Waals surface area contributed by atoms with Gasteiger partial charge in [-0.25, -0.2) is 4.39 Å². The Hall–Kier alpha value is -1.72. The molecule has 5 heteroatoms. The molecule has 0 fully saturated rings. The van der Waals surface area contributed by atoms with Gasteiger partial charge in [-0.2, -0.15) is 0 Å². The van der Waals surface area contributed by atoms with Gasteiger partial charge in [-0.15, -0.1) is 0 Å². The molecule has 0 saturated carbocycles. The molecule has 0 aliphatic heterocycles. The van der Waals surface area contributed by atoms with Gasteiger partial charge in [-0.3, -0.25) is 4.79 Å². The van der Waals surface area contributed by atoms with Gasteiger partial charge in [-0.1, -0.05) is 12.1 Å². The largest absolute Gasteiger partial charge is 0.389 e. The van der Waals surface area contributed by atoms with Crippen molar-refractivity contribution in [2.75, 3.05) is 27.3 Å². The van der Waals surface area contributed by atoms with Crippen LogP contribution in [0.15, 0.2) is 30.3 Å². The van der Waals surface area contributed by atoms with Crippen molar-refractivity contribution in [1.29, 1.82) is 0 Å². The number of methoxy groups -OCH3 is 1. The van der Waals surface area contributed by atoms with E-state index in [1.54, 1.807) is 25.3 Å². The summed E-state index contributed by atoms with van der Waals surface area (Å²) in [5.74, 6) is -0.553. The summed E-state index contributed by atoms with van der Waals surface area (Å²) in [4.78, 5) is 13.1. The molecule has 1 atom stereocenters. The molecule has 0 heterocycles. The van der Waals surface area contributed by atoms with E-state index in [1.165, 1.54) is 30.2 Å². The molecule has 1 aromatic rings. The molecule has 0 spiro atoms. The average Bonchev–Trinajstić information content (AvgIpc) is 2.37. The van der Waals surface area contributed by atoms with Crippen LogP contribution in [0.2, 0.25) is 0 Å². The first-order chi connectivity index (χ1) is 9.02. The number of carbonyl (C=O) groups excluding carboxylic acids is 1. The number of halogens is 1. The van der Waals surface area contributed by atoms with Gasteiger partial charge < -0.3 is 14.7 Å². The van der Waals surface area contributed by atoms with Gasteiger partial charge >= 0.3 is 0 Å². The predicted octanol–water partition coefficient (Wildman–Crippen LogP) is 1.30. The minimum atomic E-state index is -0.710. The lowest BCUT2D eigenvalue weighted by atomic mass is 10.2. The number of aliphatic hydroxyl groups excluding tert-OH is 1. The number of benzene rings is 1. The summed E-state index contributed by atoms with van der Waals surface area (Å²) in [7, 11) is 3.08. The van der Waals surface area contributed by atoms with Crippen LogP contribution < -0.4 is 0 Å². The van der Waals surface area contributed by atoms with E-state index in [0.29, 0.717) is 0 Å². The summed E-state index contributed by atoms with van der Waals surface area (Å²) in [5, 5.41) is 9.50. The van der Waals surface area contributed by atoms with Gasteiger partial charge in [0.25, 0.3) is 0 Å². The number of likely N-dealkylation sites (N-methyl/N-ethyl adjacent to an activating group) is 1. The number of hydrogen-bond acceptors (Lipinski definition) is 3. The summed E-state index contributed by atoms with van der Waals surface area (Å²) in [6, 6.07) is 5.82. The van der Waals surface area contributed by atoms with Crippen molar-refractivity contribution in [3.8, 4) is 0 Å². The summed E-state index contributed by atoms with van der Waals surface area (Å²) in [6.07, 6.45) is 2.27. The number of hydrogen-bond donors (Lipinski definition) is 1. The average molecular weight is 267 g/mol. The van der Waals surface area contributed by atoms with Crippen molar-refractivity contribution in [2.45, 2.75) is 6.10 Å². The van der Waals surface area contributed by atoms with E-state index in [-0.39, 0.29) is 24.9 Å². The second-order valence-electron chi connectivity index (χ2n) is 4.21. The highest BCUT2D eigenvalue weighted by Crippen LogP contribution is 2.05. The first kappa shape index (κ1) is 15.3. The molecule has 1 rings (SSSR count). The molecule has 0 aliphatic rings. The zero-order chi connectivity index (χ0) is 14.3. The molecule has 1 aromatic carbocycles. The molecular formula is C14H18FNO3. The van der Waals surface area contributed by atoms with Crippen LogP contribution in [0.3, 0.4) is 0 Å². The number of amides is 1. The Morgan fingerprint density at radius 3 is 2.68 bits per heavy atom. The molecular weight excluding hydrogens is 249 g/mol. The van der Waals surface area contributed by atoms with Gasteiger partial charge in [0.2, 0.25) is 5.91 Å². The minimum Gasteiger partial charge on any atom is -0.389 e. The third kappa shape index (κ3) is 5.63. The first-order valence-corrected chi connectivity index (χ1v) is 5.88. The molecule has 0 aromatic heterocycles. The van der Waals surface area contributed by atoms with Crippen LogP contribution in [0.1, 0.15) is 5.56 Å². The Morgan fingerprint density at radius 2 is 2.11 bits per heavy atom. The first-order valence-electron chi connectivity index (χ1n) is 5.88. The van der Waals surface area contributed by atoms with Crippen LogP contribution in [-0.4, -0.2) is 49.3 Å². The zero-order valence-corrected chi connectivity index (χ0v) is 11.0. The van der Waals surface area contributed by atoms with E-state index in [4.69, 9.17) is 4.74 Å². The minimum absolute atomic E-state index is 0.180. The topological polar surface area (TPSA) is 49.8 Å². The van der Waals surface area contributed by atoms with Gasteiger partial charge in [0.05, 0.1) is 12.7 Å². The van der Waals surface area contributed by atoms with Crippen LogP contribution in [0.4, 0.5) is 4.39 Å². The van der Waals surface area contributed by atoms with Gasteiger partial charge in [0.15, 0.2) is 0 Å². The Morgan fingerprint density at radius 1 is 1.47 bits per heavy atom. The van der Waals surface area contributed by atoms with Crippen LogP contribution in [-0.2, 0) is 9.53 Å². The third-order valence-electron chi connectivity index (χ3n) is 2.51. The van der Waals surface area contributed by atoms with Crippen LogP contribution in [0.25, 0.3) is 6.08 Å². The molecule has 1 N–H and O–H groups in total. The van der Waals surface area contributed by atoms with Crippen molar-refractivity contribution < 1.29 is 19.0 Å². The normalized spacial score (nSPS) is 12.6. The molecule has 0 saturated heterocycles. The highest BCUT2D eigenvalue weighted by molar-refractivity contribution is 5.91. The van der Waals surface area contributed by atoms with Crippen LogP contribution in [0, 0.1) is 5.82 Å². The van der Waals surface area contributed by atoms with E-state index >= 15 is 0 Å². The number of rotatable bonds is 6. The van der Waals surface area contributed by atoms with E-state index in [1.807, 2.05) is 0 Å². The summed E-state index contributed by atoms with van der Waals surface area (Å²) < 4.78 is 17.5. The zero-order valence-electron chi connectivity index (χ0n) is 11.0.